The molecule has 0 bridgehead atoms. The Morgan fingerprint density at radius 3 is 1.57 bits per heavy atom. The smallest absolute Gasteiger partial charge is 0.164 e. The van der Waals surface area contributed by atoms with Crippen LogP contribution in [0.2, 0.25) is 0 Å². The fourth-order valence-corrected chi connectivity index (χ4v) is 10.2. The average Bonchev–Trinajstić information content (AvgIpc) is 3.84. The summed E-state index contributed by atoms with van der Waals surface area (Å²) in [7, 11) is 0. The molecule has 2 aliphatic rings. The zero-order valence-electron chi connectivity index (χ0n) is 34.0. The van der Waals surface area contributed by atoms with Gasteiger partial charge in [-0.2, -0.15) is 0 Å². The van der Waals surface area contributed by atoms with Crippen molar-refractivity contribution in [3.8, 4) is 73.6 Å². The molecular formula is C58H36N4O. The van der Waals surface area contributed by atoms with Crippen LogP contribution in [0.4, 0.5) is 0 Å². The van der Waals surface area contributed by atoms with E-state index in [-0.39, 0.29) is 0 Å². The molecule has 0 saturated heterocycles. The summed E-state index contributed by atoms with van der Waals surface area (Å²) in [6.45, 7) is 0. The minimum absolute atomic E-state index is 0.552. The first kappa shape index (κ1) is 35.4. The molecule has 0 saturated carbocycles. The van der Waals surface area contributed by atoms with Crippen molar-refractivity contribution in [1.82, 2.24) is 19.5 Å². The summed E-state index contributed by atoms with van der Waals surface area (Å²) in [6.07, 6.45) is 0. The number of nitrogens with zero attached hydrogens (tertiary/aromatic N) is 4. The van der Waals surface area contributed by atoms with Crippen LogP contribution in [0.1, 0.15) is 22.3 Å². The first-order valence-electron chi connectivity index (χ1n) is 21.3. The molecule has 294 valence electrons. The average molecular weight is 805 g/mol. The van der Waals surface area contributed by atoms with Gasteiger partial charge in [-0.1, -0.05) is 182 Å². The Morgan fingerprint density at radius 2 is 0.857 bits per heavy atom. The Balaban J connectivity index is 0.999. The van der Waals surface area contributed by atoms with Crippen molar-refractivity contribution < 1.29 is 4.74 Å². The largest absolute Gasteiger partial charge is 0.457 e. The van der Waals surface area contributed by atoms with Crippen molar-refractivity contribution in [1.29, 1.82) is 0 Å². The van der Waals surface area contributed by atoms with Crippen LogP contribution in [0.15, 0.2) is 218 Å². The highest BCUT2D eigenvalue weighted by molar-refractivity contribution is 6.10. The second-order valence-corrected chi connectivity index (χ2v) is 16.3. The Bertz CT molecular complexity index is 3550. The molecule has 0 fully saturated rings. The Hall–Kier alpha value is -8.41. The molecule has 1 spiro atoms. The highest BCUT2D eigenvalue weighted by atomic mass is 16.5. The fraction of sp³-hybridized carbons (Fsp3) is 0.0172. The lowest BCUT2D eigenvalue weighted by atomic mass is 9.66. The molecule has 0 atom stereocenters. The van der Waals surface area contributed by atoms with Gasteiger partial charge in [-0.3, -0.25) is 0 Å². The van der Waals surface area contributed by atoms with Gasteiger partial charge in [0.2, 0.25) is 0 Å². The van der Waals surface area contributed by atoms with E-state index >= 15 is 0 Å². The van der Waals surface area contributed by atoms with E-state index < -0.39 is 5.41 Å². The number of benzene rings is 9. The lowest BCUT2D eigenvalue weighted by Crippen LogP contribution is -2.32. The molecule has 13 rings (SSSR count). The van der Waals surface area contributed by atoms with Crippen LogP contribution in [0.3, 0.4) is 0 Å². The summed E-state index contributed by atoms with van der Waals surface area (Å²) in [5, 5.41) is 2.33. The van der Waals surface area contributed by atoms with Gasteiger partial charge in [0.15, 0.2) is 17.5 Å². The van der Waals surface area contributed by atoms with Gasteiger partial charge in [0.05, 0.1) is 16.4 Å². The van der Waals surface area contributed by atoms with Gasteiger partial charge in [-0.15, -0.1) is 0 Å². The molecule has 1 aliphatic heterocycles. The number of aromatic nitrogens is 4. The van der Waals surface area contributed by atoms with E-state index in [1.165, 1.54) is 27.6 Å². The molecule has 1 aliphatic carbocycles. The van der Waals surface area contributed by atoms with Crippen molar-refractivity contribution in [3.05, 3.63) is 241 Å². The monoisotopic (exact) mass is 804 g/mol. The van der Waals surface area contributed by atoms with Crippen LogP contribution in [0, 0.1) is 0 Å². The summed E-state index contributed by atoms with van der Waals surface area (Å²) in [5.74, 6) is 3.56. The van der Waals surface area contributed by atoms with E-state index in [9.17, 15) is 0 Å². The molecule has 2 aromatic heterocycles. The summed E-state index contributed by atoms with van der Waals surface area (Å²) >= 11 is 0. The van der Waals surface area contributed by atoms with Crippen molar-refractivity contribution in [2.45, 2.75) is 5.41 Å². The lowest BCUT2D eigenvalue weighted by molar-refractivity contribution is 0.437. The molecule has 0 radical (unpaired) electrons. The number of rotatable bonds is 5. The van der Waals surface area contributed by atoms with Crippen LogP contribution in [0.5, 0.6) is 11.5 Å². The molecule has 3 heterocycles. The van der Waals surface area contributed by atoms with Gasteiger partial charge in [-0.25, -0.2) is 15.0 Å². The number of fused-ring (bicyclic) bond motifs is 12. The molecule has 0 amide bonds. The van der Waals surface area contributed by atoms with Gasteiger partial charge < -0.3 is 9.30 Å². The molecule has 63 heavy (non-hydrogen) atoms. The maximum absolute atomic E-state index is 6.98. The minimum Gasteiger partial charge on any atom is -0.457 e. The normalized spacial score (nSPS) is 13.0. The maximum Gasteiger partial charge on any atom is 0.164 e. The summed E-state index contributed by atoms with van der Waals surface area (Å²) in [4.78, 5) is 15.3. The third-order valence-electron chi connectivity index (χ3n) is 12.9. The Kier molecular flexibility index (Phi) is 7.75. The Morgan fingerprint density at radius 1 is 0.333 bits per heavy atom. The highest BCUT2D eigenvalue weighted by Gasteiger charge is 2.51. The minimum atomic E-state index is -0.552. The Labute approximate surface area is 364 Å². The van der Waals surface area contributed by atoms with Crippen molar-refractivity contribution in [2.75, 3.05) is 0 Å². The second kappa shape index (κ2) is 13.8. The predicted octanol–water partition coefficient (Wildman–Crippen LogP) is 14.1. The van der Waals surface area contributed by atoms with Crippen molar-refractivity contribution in [2.24, 2.45) is 0 Å². The third kappa shape index (κ3) is 5.33. The molecule has 0 N–H and O–H groups in total. The highest BCUT2D eigenvalue weighted by Crippen LogP contribution is 2.62. The van der Waals surface area contributed by atoms with E-state index in [4.69, 9.17) is 19.7 Å². The van der Waals surface area contributed by atoms with E-state index in [0.29, 0.717) is 17.5 Å². The van der Waals surface area contributed by atoms with Crippen LogP contribution < -0.4 is 4.74 Å². The van der Waals surface area contributed by atoms with Gasteiger partial charge >= 0.3 is 0 Å². The van der Waals surface area contributed by atoms with Gasteiger partial charge in [-0.05, 0) is 63.7 Å². The summed E-state index contributed by atoms with van der Waals surface area (Å²) < 4.78 is 9.34. The predicted molar refractivity (Wildman–Crippen MR) is 253 cm³/mol. The quantitative estimate of drug-likeness (QED) is 0.174. The summed E-state index contributed by atoms with van der Waals surface area (Å²) in [6, 6.07) is 77.2. The van der Waals surface area contributed by atoms with E-state index in [0.717, 1.165) is 72.6 Å². The van der Waals surface area contributed by atoms with Gasteiger partial charge in [0.1, 0.15) is 11.5 Å². The van der Waals surface area contributed by atoms with E-state index in [1.54, 1.807) is 0 Å². The first-order chi connectivity index (χ1) is 31.2. The molecule has 11 aromatic rings. The van der Waals surface area contributed by atoms with E-state index in [1.807, 2.05) is 36.4 Å². The van der Waals surface area contributed by atoms with Crippen LogP contribution in [-0.2, 0) is 5.41 Å². The fourth-order valence-electron chi connectivity index (χ4n) is 10.2. The van der Waals surface area contributed by atoms with Gasteiger partial charge in [0.25, 0.3) is 0 Å². The van der Waals surface area contributed by atoms with Crippen molar-refractivity contribution >= 4 is 21.8 Å². The number of hydrogen-bond acceptors (Lipinski definition) is 4. The molecule has 5 heteroatoms. The first-order valence-corrected chi connectivity index (χ1v) is 21.3. The number of hydrogen-bond donors (Lipinski definition) is 0. The van der Waals surface area contributed by atoms with Crippen LogP contribution in [-0.4, -0.2) is 19.5 Å². The molecule has 0 unspecified atom stereocenters. The number of ether oxygens (including phenoxy) is 1. The molecule has 9 aromatic carbocycles. The van der Waals surface area contributed by atoms with Crippen LogP contribution >= 0.6 is 0 Å². The zero-order chi connectivity index (χ0) is 41.5. The van der Waals surface area contributed by atoms with Gasteiger partial charge in [0, 0.05) is 50.3 Å². The SMILES string of the molecule is c1ccc(-c2ccc(-c3nc(-c4ccccc4)nc(-c4cccc(-n5c6ccccc6c6cc7c(cc65)Oc5ccccc5C75c6ccccc6-c6ccccc65)c4)n3)cc2)cc1. The number of para-hydroxylation sites is 2. The van der Waals surface area contributed by atoms with Crippen LogP contribution in [0.25, 0.3) is 83.9 Å². The maximum atomic E-state index is 6.98. The topological polar surface area (TPSA) is 52.8 Å². The third-order valence-corrected chi connectivity index (χ3v) is 12.9. The standard InChI is InChI=1S/C58H36N4O/c1-3-16-37(17-4-1)38-30-32-40(33-31-38)56-59-55(39-18-5-2-6-19-39)60-57(61-56)41-20-15-21-42(34-41)62-51-28-13-9-24-45(51)46-35-50-54(36-52(46)62)63-53-29-14-12-27-49(53)58(50)47-25-10-7-22-43(47)44-23-8-11-26-48(44)58/h1-36H. The second-order valence-electron chi connectivity index (χ2n) is 16.3. The zero-order valence-corrected chi connectivity index (χ0v) is 34.0. The lowest BCUT2D eigenvalue weighted by Gasteiger charge is -2.39. The summed E-state index contributed by atoms with van der Waals surface area (Å²) in [5.41, 5.74) is 15.0. The van der Waals surface area contributed by atoms with Crippen molar-refractivity contribution in [3.63, 3.8) is 0 Å². The molecular weight excluding hydrogens is 769 g/mol. The molecule has 5 nitrogen and oxygen atoms in total. The van der Waals surface area contributed by atoms with E-state index in [2.05, 4.69) is 187 Å².